The third-order valence-electron chi connectivity index (χ3n) is 5.66. The van der Waals surface area contributed by atoms with Crippen molar-refractivity contribution in [2.24, 2.45) is 5.10 Å². The molecule has 40 heavy (non-hydrogen) atoms. The molecule has 0 aliphatic carbocycles. The Kier molecular flexibility index (Phi) is 9.65. The molecule has 0 saturated heterocycles. The van der Waals surface area contributed by atoms with Crippen molar-refractivity contribution in [2.45, 2.75) is 11.5 Å². The predicted molar refractivity (Wildman–Crippen MR) is 157 cm³/mol. The summed E-state index contributed by atoms with van der Waals surface area (Å²) in [6.07, 6.45) is 1.44. The minimum atomic E-state index is -4.15. The maximum Gasteiger partial charge on any atom is 0.264 e. The summed E-state index contributed by atoms with van der Waals surface area (Å²) in [6.45, 7) is -0.247. The molecule has 0 spiro atoms. The van der Waals surface area contributed by atoms with Crippen molar-refractivity contribution in [3.05, 3.63) is 118 Å². The minimum Gasteiger partial charge on any atom is -0.495 e. The van der Waals surface area contributed by atoms with E-state index in [-0.39, 0.29) is 21.4 Å². The fraction of sp³-hybridized carbons (Fsp3) is 0.103. The average Bonchev–Trinajstić information content (AvgIpc) is 2.96. The molecule has 8 nitrogen and oxygen atoms in total. The number of hydrogen-bond acceptors (Lipinski definition) is 6. The fourth-order valence-electron chi connectivity index (χ4n) is 3.65. The number of nitrogens with zero attached hydrogens (tertiary/aromatic N) is 2. The summed E-state index contributed by atoms with van der Waals surface area (Å²) >= 11 is 12.3. The molecular weight excluding hydrogens is 573 g/mol. The molecule has 0 saturated carbocycles. The second kappa shape index (κ2) is 13.3. The van der Waals surface area contributed by atoms with Gasteiger partial charge in [0.25, 0.3) is 15.9 Å². The summed E-state index contributed by atoms with van der Waals surface area (Å²) in [4.78, 5) is 12.9. The van der Waals surface area contributed by atoms with Gasteiger partial charge in [-0.3, -0.25) is 9.10 Å². The van der Waals surface area contributed by atoms with Crippen LogP contribution in [0.4, 0.5) is 5.69 Å². The van der Waals surface area contributed by atoms with Crippen LogP contribution in [-0.2, 0) is 21.4 Å². The Morgan fingerprint density at radius 2 is 1.65 bits per heavy atom. The van der Waals surface area contributed by atoms with Crippen LogP contribution in [0.25, 0.3) is 0 Å². The quantitative estimate of drug-likeness (QED) is 0.171. The van der Waals surface area contributed by atoms with Crippen LogP contribution in [0.1, 0.15) is 11.1 Å². The standard InChI is InChI=1S/C29H25Cl2N3O5S/c1-38-28-16-13-23(30)17-27(28)34(40(36,37)25-8-3-2-4-9-25)19-29(35)33-32-18-21-11-14-24(15-12-21)39-20-22-7-5-6-10-26(22)31/h2-18H,19-20H2,1H3,(H,33,35)/b32-18-. The molecular formula is C29H25Cl2N3O5S. The molecule has 1 N–H and O–H groups in total. The van der Waals surface area contributed by atoms with Crippen molar-refractivity contribution in [1.82, 2.24) is 5.43 Å². The lowest BCUT2D eigenvalue weighted by Gasteiger charge is -2.25. The molecule has 4 rings (SSSR count). The number of benzene rings is 4. The van der Waals surface area contributed by atoms with Gasteiger partial charge in [-0.2, -0.15) is 5.10 Å². The van der Waals surface area contributed by atoms with Crippen LogP contribution in [-0.4, -0.2) is 34.2 Å². The fourth-order valence-corrected chi connectivity index (χ4v) is 5.45. The number of hydrazone groups is 1. The summed E-state index contributed by atoms with van der Waals surface area (Å²) in [6, 6.07) is 26.8. The molecule has 0 aliphatic rings. The van der Waals surface area contributed by atoms with Crippen LogP contribution in [0.2, 0.25) is 10.0 Å². The maximum atomic E-state index is 13.5. The number of methoxy groups -OCH3 is 1. The zero-order valence-corrected chi connectivity index (χ0v) is 23.7. The van der Waals surface area contributed by atoms with Gasteiger partial charge in [-0.1, -0.05) is 59.6 Å². The zero-order chi connectivity index (χ0) is 28.5. The Balaban J connectivity index is 1.45. The van der Waals surface area contributed by atoms with Gasteiger partial charge < -0.3 is 9.47 Å². The zero-order valence-electron chi connectivity index (χ0n) is 21.3. The van der Waals surface area contributed by atoms with Gasteiger partial charge in [-0.25, -0.2) is 13.8 Å². The first-order valence-electron chi connectivity index (χ1n) is 12.0. The lowest BCUT2D eigenvalue weighted by atomic mass is 10.2. The van der Waals surface area contributed by atoms with Gasteiger partial charge in [0.15, 0.2) is 0 Å². The smallest absolute Gasteiger partial charge is 0.264 e. The van der Waals surface area contributed by atoms with E-state index < -0.39 is 22.5 Å². The largest absolute Gasteiger partial charge is 0.495 e. The molecule has 0 aromatic heterocycles. The van der Waals surface area contributed by atoms with E-state index in [1.54, 1.807) is 54.6 Å². The summed E-state index contributed by atoms with van der Waals surface area (Å²) in [5.74, 6) is 0.202. The molecule has 0 heterocycles. The van der Waals surface area contributed by atoms with Crippen molar-refractivity contribution in [3.8, 4) is 11.5 Å². The van der Waals surface area contributed by atoms with Gasteiger partial charge in [0, 0.05) is 15.6 Å². The normalized spacial score (nSPS) is 11.3. The Labute approximate surface area is 242 Å². The van der Waals surface area contributed by atoms with Crippen molar-refractivity contribution in [1.29, 1.82) is 0 Å². The Morgan fingerprint density at radius 1 is 0.950 bits per heavy atom. The monoisotopic (exact) mass is 597 g/mol. The summed E-state index contributed by atoms with van der Waals surface area (Å²) in [5.41, 5.74) is 4.06. The molecule has 11 heteroatoms. The van der Waals surface area contributed by atoms with Crippen molar-refractivity contribution >= 4 is 51.0 Å². The van der Waals surface area contributed by atoms with E-state index in [2.05, 4.69) is 10.5 Å². The van der Waals surface area contributed by atoms with E-state index in [1.165, 1.54) is 37.6 Å². The third kappa shape index (κ3) is 7.32. The van der Waals surface area contributed by atoms with Crippen molar-refractivity contribution in [2.75, 3.05) is 18.0 Å². The summed E-state index contributed by atoms with van der Waals surface area (Å²) in [7, 11) is -2.75. The van der Waals surface area contributed by atoms with Gasteiger partial charge >= 0.3 is 0 Å². The van der Waals surface area contributed by atoms with Crippen LogP contribution in [0.15, 0.2) is 107 Å². The van der Waals surface area contributed by atoms with Crippen molar-refractivity contribution in [3.63, 3.8) is 0 Å². The number of amides is 1. The number of anilines is 1. The SMILES string of the molecule is COc1ccc(Cl)cc1N(CC(=O)N/N=C\c1ccc(OCc2ccccc2Cl)cc1)S(=O)(=O)c1ccccc1. The van der Waals surface area contributed by atoms with E-state index in [0.29, 0.717) is 22.9 Å². The second-order valence-electron chi connectivity index (χ2n) is 8.38. The summed E-state index contributed by atoms with van der Waals surface area (Å²) in [5, 5.41) is 4.89. The van der Waals surface area contributed by atoms with Crippen LogP contribution < -0.4 is 19.2 Å². The Morgan fingerprint density at radius 3 is 2.35 bits per heavy atom. The van der Waals surface area contributed by atoms with Crippen LogP contribution in [0, 0.1) is 0 Å². The highest BCUT2D eigenvalue weighted by Gasteiger charge is 2.29. The molecule has 0 atom stereocenters. The molecule has 0 unspecified atom stereocenters. The predicted octanol–water partition coefficient (Wildman–Crippen LogP) is 5.93. The molecule has 4 aromatic rings. The number of ether oxygens (including phenoxy) is 2. The number of halogens is 2. The molecule has 0 bridgehead atoms. The summed E-state index contributed by atoms with van der Waals surface area (Å²) < 4.78 is 39.1. The lowest BCUT2D eigenvalue weighted by Crippen LogP contribution is -2.39. The Hall–Kier alpha value is -4.05. The number of carbonyl (C=O) groups is 1. The molecule has 0 fully saturated rings. The molecule has 0 radical (unpaired) electrons. The van der Waals surface area contributed by atoms with Gasteiger partial charge in [-0.15, -0.1) is 0 Å². The molecule has 0 aliphatic heterocycles. The molecule has 1 amide bonds. The minimum absolute atomic E-state index is 0.00479. The highest BCUT2D eigenvalue weighted by molar-refractivity contribution is 7.92. The lowest BCUT2D eigenvalue weighted by molar-refractivity contribution is -0.119. The maximum absolute atomic E-state index is 13.5. The number of carbonyl (C=O) groups excluding carboxylic acids is 1. The number of rotatable bonds is 11. The first-order valence-corrected chi connectivity index (χ1v) is 14.2. The van der Waals surface area contributed by atoms with E-state index in [1.807, 2.05) is 18.2 Å². The molecule has 206 valence electrons. The highest BCUT2D eigenvalue weighted by Crippen LogP contribution is 2.34. The first-order chi connectivity index (χ1) is 19.3. The second-order valence-corrected chi connectivity index (χ2v) is 11.1. The topological polar surface area (TPSA) is 97.3 Å². The molecule has 4 aromatic carbocycles. The number of sulfonamides is 1. The van der Waals surface area contributed by atoms with E-state index >= 15 is 0 Å². The highest BCUT2D eigenvalue weighted by atomic mass is 35.5. The average molecular weight is 599 g/mol. The Bertz CT molecular complexity index is 1600. The number of nitrogens with one attached hydrogen (secondary N) is 1. The van der Waals surface area contributed by atoms with Gasteiger partial charge in [0.05, 0.1) is 23.9 Å². The van der Waals surface area contributed by atoms with Gasteiger partial charge in [0.2, 0.25) is 0 Å². The van der Waals surface area contributed by atoms with E-state index in [4.69, 9.17) is 32.7 Å². The van der Waals surface area contributed by atoms with Crippen molar-refractivity contribution < 1.29 is 22.7 Å². The van der Waals surface area contributed by atoms with Gasteiger partial charge in [0.1, 0.15) is 24.7 Å². The number of hydrogen-bond donors (Lipinski definition) is 1. The van der Waals surface area contributed by atoms with E-state index in [9.17, 15) is 13.2 Å². The van der Waals surface area contributed by atoms with E-state index in [0.717, 1.165) is 9.87 Å². The van der Waals surface area contributed by atoms with Crippen LogP contribution in [0.5, 0.6) is 11.5 Å². The third-order valence-corrected chi connectivity index (χ3v) is 8.04. The van der Waals surface area contributed by atoms with Gasteiger partial charge in [-0.05, 0) is 66.2 Å². The van der Waals surface area contributed by atoms with Crippen LogP contribution in [0.3, 0.4) is 0 Å². The first kappa shape index (κ1) is 28.9. The van der Waals surface area contributed by atoms with Crippen LogP contribution >= 0.6 is 23.2 Å².